The second-order valence-electron chi connectivity index (χ2n) is 6.88. The Morgan fingerprint density at radius 3 is 2.00 bits per heavy atom. The van der Waals surface area contributed by atoms with E-state index in [1.54, 1.807) is 36.4 Å². The van der Waals surface area contributed by atoms with Gasteiger partial charge in [0.15, 0.2) is 0 Å². The maximum absolute atomic E-state index is 12.6. The Morgan fingerprint density at radius 1 is 0.846 bits per heavy atom. The monoisotopic (exact) mass is 348 g/mol. The normalized spacial score (nSPS) is 22.2. The third-order valence-electron chi connectivity index (χ3n) is 5.26. The van der Waals surface area contributed by atoms with Crippen molar-refractivity contribution in [2.24, 2.45) is 11.8 Å². The Labute approximate surface area is 152 Å². The van der Waals surface area contributed by atoms with E-state index in [2.05, 4.69) is 5.32 Å². The van der Waals surface area contributed by atoms with Crippen LogP contribution in [0.5, 0.6) is 0 Å². The van der Waals surface area contributed by atoms with Gasteiger partial charge in [-0.3, -0.25) is 19.3 Å². The van der Waals surface area contributed by atoms with E-state index in [4.69, 9.17) is 0 Å². The summed E-state index contributed by atoms with van der Waals surface area (Å²) in [6.45, 7) is 0. The molecule has 2 aliphatic rings. The zero-order chi connectivity index (χ0) is 18.1. The SMILES string of the molecule is O=C(Nc1ccc(N2C(=O)[C@@H]3CCCC[C@H]3C2=O)cc1)c1ccccc1. The number of benzene rings is 2. The molecule has 2 atom stereocenters. The van der Waals surface area contributed by atoms with E-state index >= 15 is 0 Å². The summed E-state index contributed by atoms with van der Waals surface area (Å²) in [5, 5.41) is 2.82. The Balaban J connectivity index is 1.50. The van der Waals surface area contributed by atoms with E-state index in [0.717, 1.165) is 25.7 Å². The summed E-state index contributed by atoms with van der Waals surface area (Å²) in [4.78, 5) is 38.8. The first kappa shape index (κ1) is 16.5. The van der Waals surface area contributed by atoms with Crippen molar-refractivity contribution in [1.82, 2.24) is 0 Å². The van der Waals surface area contributed by atoms with Crippen molar-refractivity contribution in [3.8, 4) is 0 Å². The number of carbonyl (C=O) groups is 3. The molecular formula is C21H20N2O3. The molecule has 1 saturated heterocycles. The summed E-state index contributed by atoms with van der Waals surface area (Å²) in [5.41, 5.74) is 1.77. The molecule has 0 bridgehead atoms. The first-order valence-electron chi connectivity index (χ1n) is 8.99. The van der Waals surface area contributed by atoms with Crippen LogP contribution in [0.1, 0.15) is 36.0 Å². The van der Waals surface area contributed by atoms with Crippen LogP contribution in [0, 0.1) is 11.8 Å². The highest BCUT2D eigenvalue weighted by Gasteiger charge is 2.48. The highest BCUT2D eigenvalue weighted by atomic mass is 16.2. The van der Waals surface area contributed by atoms with Crippen LogP contribution >= 0.6 is 0 Å². The predicted octanol–water partition coefficient (Wildman–Crippen LogP) is 3.62. The van der Waals surface area contributed by atoms with E-state index in [1.807, 2.05) is 18.2 Å². The molecule has 2 fully saturated rings. The van der Waals surface area contributed by atoms with E-state index < -0.39 is 0 Å². The Morgan fingerprint density at radius 2 is 1.42 bits per heavy atom. The molecule has 1 N–H and O–H groups in total. The maximum atomic E-state index is 12.6. The van der Waals surface area contributed by atoms with E-state index in [9.17, 15) is 14.4 Å². The molecule has 2 aromatic carbocycles. The molecule has 3 amide bonds. The second-order valence-corrected chi connectivity index (χ2v) is 6.88. The molecule has 1 saturated carbocycles. The van der Waals surface area contributed by atoms with Crippen LogP contribution in [0.25, 0.3) is 0 Å². The van der Waals surface area contributed by atoms with Crippen LogP contribution < -0.4 is 10.2 Å². The molecule has 4 rings (SSSR count). The number of hydrogen-bond donors (Lipinski definition) is 1. The van der Waals surface area contributed by atoms with Crippen molar-refractivity contribution in [1.29, 1.82) is 0 Å². The van der Waals surface area contributed by atoms with Crippen molar-refractivity contribution in [2.45, 2.75) is 25.7 Å². The zero-order valence-electron chi connectivity index (χ0n) is 14.4. The topological polar surface area (TPSA) is 66.5 Å². The summed E-state index contributed by atoms with van der Waals surface area (Å²) in [6, 6.07) is 15.8. The molecule has 2 aromatic rings. The third kappa shape index (κ3) is 2.90. The van der Waals surface area contributed by atoms with Gasteiger partial charge in [0.25, 0.3) is 5.91 Å². The fraction of sp³-hybridized carbons (Fsp3) is 0.286. The van der Waals surface area contributed by atoms with Gasteiger partial charge in [-0.25, -0.2) is 0 Å². The largest absolute Gasteiger partial charge is 0.322 e. The summed E-state index contributed by atoms with van der Waals surface area (Å²) < 4.78 is 0. The first-order valence-corrected chi connectivity index (χ1v) is 8.99. The lowest BCUT2D eigenvalue weighted by molar-refractivity contribution is -0.122. The van der Waals surface area contributed by atoms with Crippen molar-refractivity contribution < 1.29 is 14.4 Å². The molecule has 0 unspecified atom stereocenters. The standard InChI is InChI=1S/C21H20N2O3/c24-19(14-6-2-1-3-7-14)22-15-10-12-16(13-11-15)23-20(25)17-8-4-5-9-18(17)21(23)26/h1-3,6-7,10-13,17-18H,4-5,8-9H2,(H,22,24)/t17-,18-/m1/s1. The average molecular weight is 348 g/mol. The first-order chi connectivity index (χ1) is 12.6. The van der Waals surface area contributed by atoms with Gasteiger partial charge in [-0.05, 0) is 49.2 Å². The minimum absolute atomic E-state index is 0.0826. The van der Waals surface area contributed by atoms with Gasteiger partial charge in [0.1, 0.15) is 0 Å². The molecule has 0 radical (unpaired) electrons. The average Bonchev–Trinajstić information content (AvgIpc) is 2.94. The quantitative estimate of drug-likeness (QED) is 0.862. The second kappa shape index (κ2) is 6.75. The lowest BCUT2D eigenvalue weighted by Gasteiger charge is -2.19. The van der Waals surface area contributed by atoms with E-state index in [-0.39, 0.29) is 29.6 Å². The highest BCUT2D eigenvalue weighted by molar-refractivity contribution is 6.22. The Kier molecular flexibility index (Phi) is 4.29. The highest BCUT2D eigenvalue weighted by Crippen LogP contribution is 2.40. The van der Waals surface area contributed by atoms with Crippen molar-refractivity contribution >= 4 is 29.1 Å². The van der Waals surface area contributed by atoms with Crippen LogP contribution in [0.3, 0.4) is 0 Å². The number of amides is 3. The minimum Gasteiger partial charge on any atom is -0.322 e. The number of rotatable bonds is 3. The molecule has 132 valence electrons. The fourth-order valence-electron chi connectivity index (χ4n) is 3.90. The van der Waals surface area contributed by atoms with Crippen molar-refractivity contribution in [3.63, 3.8) is 0 Å². The van der Waals surface area contributed by atoms with Crippen molar-refractivity contribution in [3.05, 3.63) is 60.2 Å². The minimum atomic E-state index is -0.197. The summed E-state index contributed by atoms with van der Waals surface area (Å²) in [6.07, 6.45) is 3.63. The summed E-state index contributed by atoms with van der Waals surface area (Å²) in [7, 11) is 0. The Hall–Kier alpha value is -2.95. The van der Waals surface area contributed by atoms with Crippen LogP contribution in [-0.2, 0) is 9.59 Å². The number of carbonyl (C=O) groups excluding carboxylic acids is 3. The number of nitrogens with zero attached hydrogens (tertiary/aromatic N) is 1. The van der Waals surface area contributed by atoms with E-state index in [1.165, 1.54) is 4.90 Å². The third-order valence-corrected chi connectivity index (χ3v) is 5.26. The predicted molar refractivity (Wildman–Crippen MR) is 98.8 cm³/mol. The Bertz CT molecular complexity index is 821. The molecule has 0 spiro atoms. The number of anilines is 2. The van der Waals surface area contributed by atoms with Gasteiger partial charge in [-0.15, -0.1) is 0 Å². The smallest absolute Gasteiger partial charge is 0.255 e. The zero-order valence-corrected chi connectivity index (χ0v) is 14.4. The number of imide groups is 1. The van der Waals surface area contributed by atoms with Crippen LogP contribution in [0.4, 0.5) is 11.4 Å². The lowest BCUT2D eigenvalue weighted by atomic mass is 9.81. The molecule has 1 aliphatic carbocycles. The number of fused-ring (bicyclic) bond motifs is 1. The van der Waals surface area contributed by atoms with Gasteiger partial charge in [0.05, 0.1) is 17.5 Å². The van der Waals surface area contributed by atoms with Gasteiger partial charge in [-0.2, -0.15) is 0 Å². The molecule has 5 nitrogen and oxygen atoms in total. The van der Waals surface area contributed by atoms with Gasteiger partial charge in [0, 0.05) is 11.3 Å². The summed E-state index contributed by atoms with van der Waals surface area (Å²) in [5.74, 6) is -0.679. The molecule has 26 heavy (non-hydrogen) atoms. The number of nitrogens with one attached hydrogen (secondary N) is 1. The molecule has 1 heterocycles. The molecule has 1 aliphatic heterocycles. The maximum Gasteiger partial charge on any atom is 0.255 e. The fourth-order valence-corrected chi connectivity index (χ4v) is 3.90. The molecular weight excluding hydrogens is 328 g/mol. The van der Waals surface area contributed by atoms with Gasteiger partial charge in [0.2, 0.25) is 11.8 Å². The lowest BCUT2D eigenvalue weighted by Crippen LogP contribution is -2.30. The van der Waals surface area contributed by atoms with Crippen LogP contribution in [0.15, 0.2) is 54.6 Å². The van der Waals surface area contributed by atoms with E-state index in [0.29, 0.717) is 16.9 Å². The molecule has 0 aromatic heterocycles. The number of hydrogen-bond acceptors (Lipinski definition) is 3. The van der Waals surface area contributed by atoms with Crippen LogP contribution in [-0.4, -0.2) is 17.7 Å². The molecule has 5 heteroatoms. The van der Waals surface area contributed by atoms with Gasteiger partial charge in [-0.1, -0.05) is 31.0 Å². The van der Waals surface area contributed by atoms with Crippen LogP contribution in [0.2, 0.25) is 0 Å². The summed E-state index contributed by atoms with van der Waals surface area (Å²) >= 11 is 0. The van der Waals surface area contributed by atoms with Crippen molar-refractivity contribution in [2.75, 3.05) is 10.2 Å². The van der Waals surface area contributed by atoms with Gasteiger partial charge < -0.3 is 5.32 Å². The van der Waals surface area contributed by atoms with Gasteiger partial charge >= 0.3 is 0 Å².